The van der Waals surface area contributed by atoms with Crippen LogP contribution in [0.15, 0.2) is 30.3 Å². The molecule has 0 aromatic heterocycles. The van der Waals surface area contributed by atoms with Crippen molar-refractivity contribution in [1.82, 2.24) is 4.90 Å². The number of carbonyl (C=O) groups is 2. The Balaban J connectivity index is 1.90. The minimum absolute atomic E-state index is 0.125. The lowest BCUT2D eigenvalue weighted by Gasteiger charge is -2.25. The summed E-state index contributed by atoms with van der Waals surface area (Å²) in [6.07, 6.45) is 3.69. The summed E-state index contributed by atoms with van der Waals surface area (Å²) in [4.78, 5) is 25.2. The second kappa shape index (κ2) is 8.11. The number of hydrogen-bond acceptors (Lipinski definition) is 3. The summed E-state index contributed by atoms with van der Waals surface area (Å²) in [5.74, 6) is -1.12. The van der Waals surface area contributed by atoms with E-state index in [0.29, 0.717) is 19.3 Å². The Labute approximate surface area is 137 Å². The molecule has 0 spiro atoms. The van der Waals surface area contributed by atoms with Gasteiger partial charge < -0.3 is 14.7 Å². The van der Waals surface area contributed by atoms with E-state index in [2.05, 4.69) is 0 Å². The van der Waals surface area contributed by atoms with Crippen molar-refractivity contribution in [2.24, 2.45) is 0 Å². The molecule has 1 fully saturated rings. The molecule has 126 valence electrons. The molecule has 1 N–H and O–H groups in total. The van der Waals surface area contributed by atoms with Gasteiger partial charge in [-0.05, 0) is 31.7 Å². The fourth-order valence-electron chi connectivity index (χ4n) is 2.96. The van der Waals surface area contributed by atoms with Crippen LogP contribution >= 0.6 is 0 Å². The molecule has 3 atom stereocenters. The first kappa shape index (κ1) is 17.5. The normalized spacial score (nSPS) is 21.8. The number of aliphatic carboxylic acids is 1. The lowest BCUT2D eigenvalue weighted by Crippen LogP contribution is -2.44. The van der Waals surface area contributed by atoms with Gasteiger partial charge in [0.25, 0.3) is 0 Å². The Morgan fingerprint density at radius 3 is 2.57 bits per heavy atom. The highest BCUT2D eigenvalue weighted by atomic mass is 16.5. The summed E-state index contributed by atoms with van der Waals surface area (Å²) in [5.41, 5.74) is 0.910. The van der Waals surface area contributed by atoms with Crippen molar-refractivity contribution >= 4 is 11.9 Å². The third kappa shape index (κ3) is 5.06. The Bertz CT molecular complexity index is 531. The van der Waals surface area contributed by atoms with Crippen LogP contribution in [0.1, 0.15) is 38.2 Å². The Morgan fingerprint density at radius 2 is 2.00 bits per heavy atom. The van der Waals surface area contributed by atoms with Crippen molar-refractivity contribution < 1.29 is 19.4 Å². The molecular formula is C18H25NO4. The summed E-state index contributed by atoms with van der Waals surface area (Å²) < 4.78 is 5.71. The lowest BCUT2D eigenvalue weighted by molar-refractivity contribution is -0.149. The van der Waals surface area contributed by atoms with Gasteiger partial charge in [0, 0.05) is 19.9 Å². The van der Waals surface area contributed by atoms with Crippen molar-refractivity contribution in [3.05, 3.63) is 35.9 Å². The summed E-state index contributed by atoms with van der Waals surface area (Å²) in [6.45, 7) is 2.04. The van der Waals surface area contributed by atoms with Gasteiger partial charge in [-0.2, -0.15) is 0 Å². The Kier molecular flexibility index (Phi) is 6.16. The number of likely N-dealkylation sites (N-methyl/N-ethyl adjacent to an activating group) is 1. The monoisotopic (exact) mass is 319 g/mol. The molecule has 3 unspecified atom stereocenters. The number of ether oxygens (including phenoxy) is 1. The predicted molar refractivity (Wildman–Crippen MR) is 87.1 cm³/mol. The van der Waals surface area contributed by atoms with Crippen molar-refractivity contribution in [2.45, 2.75) is 57.3 Å². The molecule has 0 radical (unpaired) electrons. The quantitative estimate of drug-likeness (QED) is 0.838. The molecule has 0 aliphatic carbocycles. The third-order valence-corrected chi connectivity index (χ3v) is 4.42. The van der Waals surface area contributed by atoms with Gasteiger partial charge in [0.15, 0.2) is 0 Å². The van der Waals surface area contributed by atoms with Crippen LogP contribution in [0.3, 0.4) is 0 Å². The van der Waals surface area contributed by atoms with Gasteiger partial charge in [0.1, 0.15) is 6.04 Å². The fraction of sp³-hybridized carbons (Fsp3) is 0.556. The van der Waals surface area contributed by atoms with E-state index >= 15 is 0 Å². The average Bonchev–Trinajstić information content (AvgIpc) is 2.96. The minimum Gasteiger partial charge on any atom is -0.480 e. The van der Waals surface area contributed by atoms with Gasteiger partial charge in [-0.1, -0.05) is 30.3 Å². The maximum absolute atomic E-state index is 12.3. The molecule has 1 aliphatic heterocycles. The summed E-state index contributed by atoms with van der Waals surface area (Å²) in [7, 11) is 1.57. The molecule has 1 heterocycles. The number of carbonyl (C=O) groups excluding carboxylic acids is 1. The van der Waals surface area contributed by atoms with Crippen LogP contribution in [0, 0.1) is 0 Å². The fourth-order valence-corrected chi connectivity index (χ4v) is 2.96. The molecule has 1 aromatic carbocycles. The second-order valence-corrected chi connectivity index (χ2v) is 6.23. The van der Waals surface area contributed by atoms with Gasteiger partial charge in [0.05, 0.1) is 12.2 Å². The molecule has 23 heavy (non-hydrogen) atoms. The van der Waals surface area contributed by atoms with Crippen molar-refractivity contribution in [2.75, 3.05) is 7.05 Å². The predicted octanol–water partition coefficient (Wildman–Crippen LogP) is 2.49. The zero-order valence-corrected chi connectivity index (χ0v) is 13.8. The van der Waals surface area contributed by atoms with E-state index in [-0.39, 0.29) is 18.1 Å². The van der Waals surface area contributed by atoms with Crippen LogP contribution in [0.2, 0.25) is 0 Å². The SMILES string of the molecule is CC1CCC(CCC(=O)N(C)C(Cc2ccccc2)C(=O)O)O1. The number of benzene rings is 1. The van der Waals surface area contributed by atoms with E-state index in [1.807, 2.05) is 37.3 Å². The topological polar surface area (TPSA) is 66.8 Å². The Hall–Kier alpha value is -1.88. The number of hydrogen-bond donors (Lipinski definition) is 1. The minimum atomic E-state index is -0.976. The van der Waals surface area contributed by atoms with Crippen LogP contribution in [0.25, 0.3) is 0 Å². The number of amides is 1. The highest BCUT2D eigenvalue weighted by molar-refractivity contribution is 5.83. The van der Waals surface area contributed by atoms with Gasteiger partial charge in [-0.15, -0.1) is 0 Å². The van der Waals surface area contributed by atoms with Gasteiger partial charge >= 0.3 is 5.97 Å². The summed E-state index contributed by atoms with van der Waals surface area (Å²) in [5, 5.41) is 9.45. The summed E-state index contributed by atoms with van der Waals surface area (Å²) in [6, 6.07) is 8.54. The van der Waals surface area contributed by atoms with Crippen molar-refractivity contribution in [3.8, 4) is 0 Å². The molecule has 0 bridgehead atoms. The molecule has 5 heteroatoms. The molecule has 0 saturated carbocycles. The first-order valence-electron chi connectivity index (χ1n) is 8.15. The number of carboxylic acids is 1. The van der Waals surface area contributed by atoms with E-state index in [0.717, 1.165) is 18.4 Å². The number of carboxylic acid groups (broad SMARTS) is 1. The zero-order valence-electron chi connectivity index (χ0n) is 13.8. The van der Waals surface area contributed by atoms with Crippen molar-refractivity contribution in [1.29, 1.82) is 0 Å². The van der Waals surface area contributed by atoms with Crippen LogP contribution in [-0.2, 0) is 20.7 Å². The molecule has 5 nitrogen and oxygen atoms in total. The molecule has 1 amide bonds. The average molecular weight is 319 g/mol. The van der Waals surface area contributed by atoms with E-state index < -0.39 is 12.0 Å². The zero-order chi connectivity index (χ0) is 16.8. The van der Waals surface area contributed by atoms with Gasteiger partial charge in [-0.3, -0.25) is 4.79 Å². The lowest BCUT2D eigenvalue weighted by atomic mass is 10.0. The molecule has 1 saturated heterocycles. The smallest absolute Gasteiger partial charge is 0.326 e. The number of rotatable bonds is 7. The van der Waals surface area contributed by atoms with E-state index in [9.17, 15) is 14.7 Å². The third-order valence-electron chi connectivity index (χ3n) is 4.42. The van der Waals surface area contributed by atoms with E-state index in [1.165, 1.54) is 4.90 Å². The first-order chi connectivity index (χ1) is 11.0. The highest BCUT2D eigenvalue weighted by Gasteiger charge is 2.28. The number of nitrogens with zero attached hydrogens (tertiary/aromatic N) is 1. The second-order valence-electron chi connectivity index (χ2n) is 6.23. The van der Waals surface area contributed by atoms with E-state index in [1.54, 1.807) is 7.05 Å². The summed E-state index contributed by atoms with van der Waals surface area (Å²) >= 11 is 0. The standard InChI is InChI=1S/C18H25NO4/c1-13-8-9-15(23-13)10-11-17(20)19(2)16(18(21)22)12-14-6-4-3-5-7-14/h3-7,13,15-16H,8-12H2,1-2H3,(H,21,22). The van der Waals surface area contributed by atoms with Gasteiger partial charge in [0.2, 0.25) is 5.91 Å². The first-order valence-corrected chi connectivity index (χ1v) is 8.15. The molecule has 1 aliphatic rings. The largest absolute Gasteiger partial charge is 0.480 e. The maximum Gasteiger partial charge on any atom is 0.326 e. The van der Waals surface area contributed by atoms with Crippen LogP contribution < -0.4 is 0 Å². The van der Waals surface area contributed by atoms with Crippen LogP contribution in [-0.4, -0.2) is 47.2 Å². The molecular weight excluding hydrogens is 294 g/mol. The molecule has 1 aromatic rings. The maximum atomic E-state index is 12.3. The van der Waals surface area contributed by atoms with Crippen molar-refractivity contribution in [3.63, 3.8) is 0 Å². The van der Waals surface area contributed by atoms with Crippen LogP contribution in [0.5, 0.6) is 0 Å². The Morgan fingerprint density at radius 1 is 1.30 bits per heavy atom. The van der Waals surface area contributed by atoms with Gasteiger partial charge in [-0.25, -0.2) is 4.79 Å². The highest BCUT2D eigenvalue weighted by Crippen LogP contribution is 2.23. The molecule has 2 rings (SSSR count). The van der Waals surface area contributed by atoms with E-state index in [4.69, 9.17) is 4.74 Å². The van der Waals surface area contributed by atoms with Crippen LogP contribution in [0.4, 0.5) is 0 Å².